The van der Waals surface area contributed by atoms with Crippen LogP contribution in [0, 0.1) is 20.8 Å². The van der Waals surface area contributed by atoms with Gasteiger partial charge in [-0.3, -0.25) is 4.79 Å². The van der Waals surface area contributed by atoms with Crippen molar-refractivity contribution in [2.45, 2.75) is 39.1 Å². The van der Waals surface area contributed by atoms with Gasteiger partial charge in [-0.05, 0) is 56.5 Å². The molecular formula is C20H23N3O2S2. The summed E-state index contributed by atoms with van der Waals surface area (Å²) < 4.78 is 5.63. The fourth-order valence-corrected chi connectivity index (χ4v) is 4.58. The Balaban J connectivity index is 1.65. The predicted octanol–water partition coefficient (Wildman–Crippen LogP) is 5.14. The van der Waals surface area contributed by atoms with Crippen LogP contribution in [0.1, 0.15) is 29.3 Å². The molecule has 0 spiro atoms. The second kappa shape index (κ2) is 8.71. The van der Waals surface area contributed by atoms with E-state index in [-0.39, 0.29) is 5.91 Å². The van der Waals surface area contributed by atoms with E-state index in [9.17, 15) is 4.79 Å². The second-order valence-electron chi connectivity index (χ2n) is 6.30. The molecule has 27 heavy (non-hydrogen) atoms. The minimum Gasteiger partial charge on any atom is -0.494 e. The molecule has 3 rings (SSSR count). The van der Waals surface area contributed by atoms with Crippen LogP contribution in [0.15, 0.2) is 29.6 Å². The zero-order valence-corrected chi connectivity index (χ0v) is 17.6. The van der Waals surface area contributed by atoms with E-state index in [1.165, 1.54) is 22.2 Å². The first-order valence-electron chi connectivity index (χ1n) is 8.86. The number of fused-ring (bicyclic) bond motifs is 1. The largest absolute Gasteiger partial charge is 0.494 e. The van der Waals surface area contributed by atoms with Gasteiger partial charge in [-0.25, -0.2) is 9.97 Å². The first-order valence-corrected chi connectivity index (χ1v) is 10.7. The van der Waals surface area contributed by atoms with Crippen LogP contribution in [-0.4, -0.2) is 28.2 Å². The molecule has 0 saturated carbocycles. The number of aromatic nitrogens is 2. The fourth-order valence-electron chi connectivity index (χ4n) is 2.67. The average Bonchev–Trinajstić information content (AvgIpc) is 2.95. The second-order valence-corrected chi connectivity index (χ2v) is 8.47. The molecule has 142 valence electrons. The zero-order valence-electron chi connectivity index (χ0n) is 16.0. The number of benzene rings is 1. The molecule has 2 heterocycles. The predicted molar refractivity (Wildman–Crippen MR) is 113 cm³/mol. The number of rotatable bonds is 7. The molecule has 1 N–H and O–H groups in total. The summed E-state index contributed by atoms with van der Waals surface area (Å²) in [5.74, 6) is 1.07. The Morgan fingerprint density at radius 3 is 2.81 bits per heavy atom. The third-order valence-corrected chi connectivity index (χ3v) is 6.32. The molecule has 0 aliphatic rings. The number of hydrogen-bond donors (Lipinski definition) is 1. The van der Waals surface area contributed by atoms with E-state index in [0.29, 0.717) is 12.4 Å². The summed E-state index contributed by atoms with van der Waals surface area (Å²) >= 11 is 3.11. The molecule has 3 aromatic rings. The van der Waals surface area contributed by atoms with Gasteiger partial charge in [0.05, 0.1) is 12.4 Å². The normalized spacial score (nSPS) is 11.0. The highest BCUT2D eigenvalue weighted by atomic mass is 32.2. The van der Waals surface area contributed by atoms with Gasteiger partial charge in [0.15, 0.2) is 0 Å². The third kappa shape index (κ3) is 4.59. The zero-order chi connectivity index (χ0) is 19.4. The maximum atomic E-state index is 12.4. The van der Waals surface area contributed by atoms with Crippen LogP contribution in [0.5, 0.6) is 5.75 Å². The highest BCUT2D eigenvalue weighted by Gasteiger charge is 2.14. The van der Waals surface area contributed by atoms with Crippen molar-refractivity contribution in [3.8, 4) is 5.75 Å². The molecule has 0 aliphatic heterocycles. The number of thioether (sulfide) groups is 1. The summed E-state index contributed by atoms with van der Waals surface area (Å²) in [6, 6.07) is 5.72. The quantitative estimate of drug-likeness (QED) is 0.439. The van der Waals surface area contributed by atoms with Gasteiger partial charge in [0, 0.05) is 16.0 Å². The monoisotopic (exact) mass is 401 g/mol. The van der Waals surface area contributed by atoms with E-state index in [1.807, 2.05) is 25.1 Å². The van der Waals surface area contributed by atoms with Gasteiger partial charge < -0.3 is 10.1 Å². The lowest BCUT2D eigenvalue weighted by Gasteiger charge is -2.11. The van der Waals surface area contributed by atoms with Gasteiger partial charge in [0.25, 0.3) is 0 Å². The third-order valence-electron chi connectivity index (χ3n) is 4.22. The molecule has 7 heteroatoms. The highest BCUT2D eigenvalue weighted by Crippen LogP contribution is 2.34. The van der Waals surface area contributed by atoms with Gasteiger partial charge >= 0.3 is 0 Å². The molecule has 0 saturated heterocycles. The first kappa shape index (κ1) is 19.6. The van der Waals surface area contributed by atoms with Gasteiger partial charge in [0.2, 0.25) is 5.91 Å². The van der Waals surface area contributed by atoms with Crippen LogP contribution in [0.3, 0.4) is 0 Å². The number of aryl methyl sites for hydroxylation is 3. The van der Waals surface area contributed by atoms with Crippen LogP contribution in [0.4, 0.5) is 5.69 Å². The molecule has 0 bridgehead atoms. The lowest BCUT2D eigenvalue weighted by Crippen LogP contribution is -2.15. The maximum Gasteiger partial charge on any atom is 0.234 e. The Morgan fingerprint density at radius 2 is 2.07 bits per heavy atom. The van der Waals surface area contributed by atoms with Crippen LogP contribution >= 0.6 is 23.1 Å². The Kier molecular flexibility index (Phi) is 6.34. The summed E-state index contributed by atoms with van der Waals surface area (Å²) in [7, 11) is 0. The number of thiophene rings is 1. The number of carbonyl (C=O) groups excluding carboxylic acids is 1. The van der Waals surface area contributed by atoms with Gasteiger partial charge in [-0.1, -0.05) is 18.7 Å². The Morgan fingerprint density at radius 1 is 1.26 bits per heavy atom. The number of hydrogen-bond acceptors (Lipinski definition) is 6. The summed E-state index contributed by atoms with van der Waals surface area (Å²) in [6.07, 6.45) is 2.53. The molecule has 0 aliphatic carbocycles. The Labute approximate surface area is 167 Å². The molecule has 1 aromatic carbocycles. The number of nitrogens with zero attached hydrogens (tertiary/aromatic N) is 2. The summed E-state index contributed by atoms with van der Waals surface area (Å²) in [5, 5.41) is 4.90. The van der Waals surface area contributed by atoms with Gasteiger partial charge in [-0.2, -0.15) is 0 Å². The van der Waals surface area contributed by atoms with Crippen molar-refractivity contribution in [2.24, 2.45) is 0 Å². The van der Waals surface area contributed by atoms with E-state index < -0.39 is 0 Å². The van der Waals surface area contributed by atoms with Crippen molar-refractivity contribution >= 4 is 44.9 Å². The lowest BCUT2D eigenvalue weighted by atomic mass is 10.2. The van der Waals surface area contributed by atoms with Crippen molar-refractivity contribution < 1.29 is 9.53 Å². The van der Waals surface area contributed by atoms with E-state index in [0.717, 1.165) is 38.7 Å². The topological polar surface area (TPSA) is 64.1 Å². The van der Waals surface area contributed by atoms with Crippen LogP contribution in [-0.2, 0) is 4.79 Å². The molecule has 1 amide bonds. The minimum absolute atomic E-state index is 0.0540. The van der Waals surface area contributed by atoms with Crippen molar-refractivity contribution in [3.63, 3.8) is 0 Å². The molecule has 5 nitrogen and oxygen atoms in total. The molecule has 0 fully saturated rings. The fraction of sp³-hybridized carbons (Fsp3) is 0.350. The summed E-state index contributed by atoms with van der Waals surface area (Å²) in [6.45, 7) is 8.89. The molecule has 0 atom stereocenters. The summed E-state index contributed by atoms with van der Waals surface area (Å²) in [4.78, 5) is 23.3. The van der Waals surface area contributed by atoms with E-state index in [4.69, 9.17) is 4.74 Å². The number of carbonyl (C=O) groups is 1. The highest BCUT2D eigenvalue weighted by molar-refractivity contribution is 8.00. The van der Waals surface area contributed by atoms with Gasteiger partial charge in [0.1, 0.15) is 21.9 Å². The van der Waals surface area contributed by atoms with Crippen LogP contribution in [0.2, 0.25) is 0 Å². The maximum absolute atomic E-state index is 12.4. The number of anilines is 1. The smallest absolute Gasteiger partial charge is 0.234 e. The van der Waals surface area contributed by atoms with Crippen molar-refractivity contribution in [1.29, 1.82) is 0 Å². The van der Waals surface area contributed by atoms with Crippen molar-refractivity contribution in [1.82, 2.24) is 9.97 Å². The molecule has 2 aromatic heterocycles. The summed E-state index contributed by atoms with van der Waals surface area (Å²) in [5.41, 5.74) is 2.98. The van der Waals surface area contributed by atoms with Crippen LogP contribution in [0.25, 0.3) is 10.2 Å². The van der Waals surface area contributed by atoms with E-state index in [2.05, 4.69) is 36.1 Å². The molecule has 0 unspecified atom stereocenters. The minimum atomic E-state index is -0.0540. The van der Waals surface area contributed by atoms with Crippen molar-refractivity contribution in [2.75, 3.05) is 17.7 Å². The number of ether oxygens (including phenoxy) is 1. The number of nitrogens with one attached hydrogen (secondary N) is 1. The van der Waals surface area contributed by atoms with E-state index >= 15 is 0 Å². The molecule has 0 radical (unpaired) electrons. The SMILES string of the molecule is CCCOc1ccc(NC(=O)CSc2ncnc3sc(C)c(C)c23)c(C)c1. The van der Waals surface area contributed by atoms with Gasteiger partial charge in [-0.15, -0.1) is 11.3 Å². The number of amides is 1. The first-order chi connectivity index (χ1) is 13.0. The standard InChI is InChI=1S/C20H23N3O2S2/c1-5-8-25-15-6-7-16(12(2)9-15)23-17(24)10-26-19-18-13(3)14(4)27-20(18)22-11-21-19/h6-7,9,11H,5,8,10H2,1-4H3,(H,23,24). The molecular weight excluding hydrogens is 378 g/mol. The average molecular weight is 402 g/mol. The van der Waals surface area contributed by atoms with Crippen molar-refractivity contribution in [3.05, 3.63) is 40.5 Å². The van der Waals surface area contributed by atoms with Crippen LogP contribution < -0.4 is 10.1 Å². The Bertz CT molecular complexity index is 969. The lowest BCUT2D eigenvalue weighted by molar-refractivity contribution is -0.113. The van der Waals surface area contributed by atoms with E-state index in [1.54, 1.807) is 17.7 Å². The Hall–Kier alpha value is -2.12.